The Morgan fingerprint density at radius 1 is 1.56 bits per heavy atom. The van der Waals surface area contributed by atoms with E-state index in [0.717, 1.165) is 13.1 Å². The molecule has 0 saturated carbocycles. The molecule has 1 aromatic heterocycles. The van der Waals surface area contributed by atoms with E-state index in [2.05, 4.69) is 9.97 Å². The molecule has 1 N–H and O–H groups in total. The van der Waals surface area contributed by atoms with Gasteiger partial charge in [0.1, 0.15) is 0 Å². The van der Waals surface area contributed by atoms with Gasteiger partial charge in [-0.1, -0.05) is 0 Å². The number of rotatable bonds is 2. The quantitative estimate of drug-likeness (QED) is 0.782. The Bertz CT molecular complexity index is 379. The molecule has 1 aliphatic rings. The molecule has 0 aromatic carbocycles. The second-order valence-corrected chi connectivity index (χ2v) is 3.70. The number of hydrogen-bond donors (Lipinski definition) is 1. The Kier molecular flexibility index (Phi) is 3.00. The number of anilines is 1. The summed E-state index contributed by atoms with van der Waals surface area (Å²) in [6, 6.07) is 0. The molecular formula is C10H13N3O3. The minimum Gasteiger partial charge on any atom is -0.478 e. The molecule has 0 aliphatic carbocycles. The lowest BCUT2D eigenvalue weighted by atomic mass is 10.3. The van der Waals surface area contributed by atoms with Gasteiger partial charge in [0.2, 0.25) is 5.95 Å². The van der Waals surface area contributed by atoms with Crippen LogP contribution in [-0.2, 0) is 4.74 Å². The van der Waals surface area contributed by atoms with Crippen LogP contribution in [-0.4, -0.2) is 46.8 Å². The van der Waals surface area contributed by atoms with Crippen LogP contribution in [0.1, 0.15) is 17.3 Å². The number of morpholine rings is 1. The molecule has 0 amide bonds. The van der Waals surface area contributed by atoms with Crippen LogP contribution in [0.2, 0.25) is 0 Å². The number of ether oxygens (including phenoxy) is 1. The van der Waals surface area contributed by atoms with E-state index in [1.807, 2.05) is 11.8 Å². The molecule has 1 aromatic rings. The summed E-state index contributed by atoms with van der Waals surface area (Å²) < 4.78 is 5.40. The molecule has 86 valence electrons. The predicted molar refractivity (Wildman–Crippen MR) is 56.6 cm³/mol. The van der Waals surface area contributed by atoms with Crippen molar-refractivity contribution in [2.45, 2.75) is 13.0 Å². The van der Waals surface area contributed by atoms with Gasteiger partial charge in [-0.15, -0.1) is 0 Å². The maximum absolute atomic E-state index is 10.6. The fourth-order valence-electron chi connectivity index (χ4n) is 1.60. The van der Waals surface area contributed by atoms with Crippen LogP contribution >= 0.6 is 0 Å². The standard InChI is InChI=1S/C10H13N3O3/c1-7-6-13(2-3-16-7)10-11-4-8(5-12-10)9(14)15/h4-5,7H,2-3,6H2,1H3,(H,14,15). The van der Waals surface area contributed by atoms with Crippen LogP contribution in [0.4, 0.5) is 5.95 Å². The molecular weight excluding hydrogens is 210 g/mol. The summed E-state index contributed by atoms with van der Waals surface area (Å²) in [5, 5.41) is 8.71. The van der Waals surface area contributed by atoms with Crippen LogP contribution in [0.25, 0.3) is 0 Å². The summed E-state index contributed by atoms with van der Waals surface area (Å²) in [7, 11) is 0. The second kappa shape index (κ2) is 4.44. The SMILES string of the molecule is CC1CN(c2ncc(C(=O)O)cn2)CCO1. The number of nitrogens with zero attached hydrogens (tertiary/aromatic N) is 3. The number of carboxylic acid groups (broad SMARTS) is 1. The molecule has 6 nitrogen and oxygen atoms in total. The Morgan fingerprint density at radius 2 is 2.25 bits per heavy atom. The molecule has 2 heterocycles. The van der Waals surface area contributed by atoms with Crippen molar-refractivity contribution in [3.8, 4) is 0 Å². The molecule has 0 radical (unpaired) electrons. The van der Waals surface area contributed by atoms with Gasteiger partial charge in [0.05, 0.1) is 18.3 Å². The van der Waals surface area contributed by atoms with E-state index >= 15 is 0 Å². The monoisotopic (exact) mass is 223 g/mol. The van der Waals surface area contributed by atoms with Gasteiger partial charge in [-0.25, -0.2) is 14.8 Å². The predicted octanol–water partition coefficient (Wildman–Crippen LogP) is 0.400. The number of aromatic nitrogens is 2. The van der Waals surface area contributed by atoms with Gasteiger partial charge in [0, 0.05) is 25.5 Å². The van der Waals surface area contributed by atoms with Crippen LogP contribution in [0.5, 0.6) is 0 Å². The average Bonchev–Trinajstić information content (AvgIpc) is 2.29. The highest BCUT2D eigenvalue weighted by Gasteiger charge is 2.19. The fraction of sp³-hybridized carbons (Fsp3) is 0.500. The van der Waals surface area contributed by atoms with E-state index in [4.69, 9.17) is 9.84 Å². The van der Waals surface area contributed by atoms with Crippen molar-refractivity contribution in [3.05, 3.63) is 18.0 Å². The van der Waals surface area contributed by atoms with Crippen LogP contribution < -0.4 is 4.90 Å². The summed E-state index contributed by atoms with van der Waals surface area (Å²) in [5.74, 6) is -0.456. The van der Waals surface area contributed by atoms with Crippen molar-refractivity contribution >= 4 is 11.9 Å². The molecule has 0 bridgehead atoms. The van der Waals surface area contributed by atoms with Crippen molar-refractivity contribution in [2.75, 3.05) is 24.6 Å². The van der Waals surface area contributed by atoms with Gasteiger partial charge in [-0.3, -0.25) is 0 Å². The molecule has 1 fully saturated rings. The zero-order valence-corrected chi connectivity index (χ0v) is 8.96. The smallest absolute Gasteiger partial charge is 0.338 e. The van der Waals surface area contributed by atoms with Crippen molar-refractivity contribution in [1.29, 1.82) is 0 Å². The molecule has 16 heavy (non-hydrogen) atoms. The second-order valence-electron chi connectivity index (χ2n) is 3.70. The minimum absolute atomic E-state index is 0.102. The number of carbonyl (C=O) groups is 1. The summed E-state index contributed by atoms with van der Waals surface area (Å²) >= 11 is 0. The molecule has 2 rings (SSSR count). The molecule has 1 aliphatic heterocycles. The van der Waals surface area contributed by atoms with Crippen molar-refractivity contribution in [1.82, 2.24) is 9.97 Å². The topological polar surface area (TPSA) is 75.6 Å². The zero-order chi connectivity index (χ0) is 11.5. The highest BCUT2D eigenvalue weighted by molar-refractivity contribution is 5.86. The number of aromatic carboxylic acids is 1. The number of carboxylic acids is 1. The maximum Gasteiger partial charge on any atom is 0.338 e. The average molecular weight is 223 g/mol. The third-order valence-electron chi connectivity index (χ3n) is 2.41. The van der Waals surface area contributed by atoms with E-state index in [9.17, 15) is 4.79 Å². The summed E-state index contributed by atoms with van der Waals surface area (Å²) in [6.07, 6.45) is 2.80. The molecule has 1 atom stereocenters. The van der Waals surface area contributed by atoms with Crippen LogP contribution in [0.3, 0.4) is 0 Å². The highest BCUT2D eigenvalue weighted by Crippen LogP contribution is 2.12. The first-order chi connectivity index (χ1) is 7.66. The largest absolute Gasteiger partial charge is 0.478 e. The third kappa shape index (κ3) is 2.27. The lowest BCUT2D eigenvalue weighted by Crippen LogP contribution is -2.42. The summed E-state index contributed by atoms with van der Waals surface area (Å²) in [4.78, 5) is 20.7. The minimum atomic E-state index is -1.01. The summed E-state index contributed by atoms with van der Waals surface area (Å²) in [5.41, 5.74) is 0.102. The fourth-order valence-corrected chi connectivity index (χ4v) is 1.60. The Hall–Kier alpha value is -1.69. The van der Waals surface area contributed by atoms with Gasteiger partial charge in [0.15, 0.2) is 0 Å². The lowest BCUT2D eigenvalue weighted by Gasteiger charge is -2.30. The van der Waals surface area contributed by atoms with Crippen molar-refractivity contribution < 1.29 is 14.6 Å². The van der Waals surface area contributed by atoms with Crippen molar-refractivity contribution in [3.63, 3.8) is 0 Å². The molecule has 1 saturated heterocycles. The Labute approximate surface area is 92.9 Å². The molecule has 1 unspecified atom stereocenters. The van der Waals surface area contributed by atoms with Gasteiger partial charge in [0.25, 0.3) is 0 Å². The van der Waals surface area contributed by atoms with E-state index in [0.29, 0.717) is 12.6 Å². The third-order valence-corrected chi connectivity index (χ3v) is 2.41. The zero-order valence-electron chi connectivity index (χ0n) is 8.96. The lowest BCUT2D eigenvalue weighted by molar-refractivity contribution is 0.0526. The maximum atomic E-state index is 10.6. The van der Waals surface area contributed by atoms with Gasteiger partial charge >= 0.3 is 5.97 Å². The normalized spacial score (nSPS) is 20.8. The van der Waals surface area contributed by atoms with E-state index < -0.39 is 5.97 Å². The summed E-state index contributed by atoms with van der Waals surface area (Å²) in [6.45, 7) is 4.09. The van der Waals surface area contributed by atoms with E-state index in [-0.39, 0.29) is 11.7 Å². The van der Waals surface area contributed by atoms with Gasteiger partial charge < -0.3 is 14.7 Å². The Morgan fingerprint density at radius 3 is 2.81 bits per heavy atom. The van der Waals surface area contributed by atoms with Crippen LogP contribution in [0.15, 0.2) is 12.4 Å². The van der Waals surface area contributed by atoms with Crippen molar-refractivity contribution in [2.24, 2.45) is 0 Å². The van der Waals surface area contributed by atoms with E-state index in [1.165, 1.54) is 12.4 Å². The first-order valence-corrected chi connectivity index (χ1v) is 5.08. The van der Waals surface area contributed by atoms with Gasteiger partial charge in [-0.2, -0.15) is 0 Å². The Balaban J connectivity index is 2.11. The highest BCUT2D eigenvalue weighted by atomic mass is 16.5. The first-order valence-electron chi connectivity index (χ1n) is 5.08. The number of hydrogen-bond acceptors (Lipinski definition) is 5. The van der Waals surface area contributed by atoms with E-state index in [1.54, 1.807) is 0 Å². The molecule has 0 spiro atoms. The first kappa shape index (κ1) is 10.8. The van der Waals surface area contributed by atoms with Crippen LogP contribution in [0, 0.1) is 0 Å². The molecule has 6 heteroatoms. The van der Waals surface area contributed by atoms with Gasteiger partial charge in [-0.05, 0) is 6.92 Å².